The molecule has 0 aliphatic heterocycles. The quantitative estimate of drug-likeness (QED) is 0.821. The third kappa shape index (κ3) is 5.07. The lowest BCUT2D eigenvalue weighted by Crippen LogP contribution is -2.27. The Hall–Kier alpha value is -1.92. The van der Waals surface area contributed by atoms with Gasteiger partial charge >= 0.3 is 12.3 Å². The Labute approximate surface area is 108 Å². The molecule has 19 heavy (non-hydrogen) atoms. The predicted molar refractivity (Wildman–Crippen MR) is 63.0 cm³/mol. The zero-order valence-corrected chi connectivity index (χ0v) is 10.6. The van der Waals surface area contributed by atoms with Gasteiger partial charge in [-0.1, -0.05) is 0 Å². The number of aromatic hydroxyl groups is 1. The molecule has 1 aromatic rings. The van der Waals surface area contributed by atoms with Gasteiger partial charge in [0.05, 0.1) is 5.56 Å². The minimum atomic E-state index is -4.61. The second kappa shape index (κ2) is 4.99. The Bertz CT molecular complexity index is 478. The standard InChI is InChI=1S/C12H14F3NO3/c1-11(2,3)19-10(18)16-8-4-7(12(13,14)15)5-9(17)6-8/h4-6,17H,1-3H3,(H,16,18). The van der Waals surface area contributed by atoms with Crippen molar-refractivity contribution in [2.45, 2.75) is 32.5 Å². The third-order valence-corrected chi connectivity index (χ3v) is 1.89. The molecule has 1 aromatic carbocycles. The van der Waals surface area contributed by atoms with Crippen molar-refractivity contribution in [2.24, 2.45) is 0 Å². The summed E-state index contributed by atoms with van der Waals surface area (Å²) in [5.41, 5.74) is -2.02. The number of hydrogen-bond acceptors (Lipinski definition) is 3. The number of nitrogens with one attached hydrogen (secondary N) is 1. The molecule has 0 radical (unpaired) electrons. The van der Waals surface area contributed by atoms with Crippen LogP contribution in [0.25, 0.3) is 0 Å². The van der Waals surface area contributed by atoms with Gasteiger partial charge in [0.2, 0.25) is 0 Å². The number of rotatable bonds is 1. The summed E-state index contributed by atoms with van der Waals surface area (Å²) in [5.74, 6) is -0.596. The van der Waals surface area contributed by atoms with Gasteiger partial charge in [-0.3, -0.25) is 5.32 Å². The number of hydrogen-bond donors (Lipinski definition) is 2. The van der Waals surface area contributed by atoms with Crippen molar-refractivity contribution in [3.8, 4) is 5.75 Å². The van der Waals surface area contributed by atoms with E-state index in [0.717, 1.165) is 6.07 Å². The second-order valence-electron chi connectivity index (χ2n) is 4.89. The lowest BCUT2D eigenvalue weighted by atomic mass is 10.2. The molecule has 0 aromatic heterocycles. The summed E-state index contributed by atoms with van der Waals surface area (Å²) in [6.07, 6.45) is -5.51. The van der Waals surface area contributed by atoms with E-state index in [1.807, 2.05) is 0 Å². The molecule has 0 bridgehead atoms. The monoisotopic (exact) mass is 277 g/mol. The van der Waals surface area contributed by atoms with Crippen molar-refractivity contribution in [2.75, 3.05) is 5.32 Å². The maximum Gasteiger partial charge on any atom is 0.416 e. The first-order valence-corrected chi connectivity index (χ1v) is 5.38. The Balaban J connectivity index is 2.91. The van der Waals surface area contributed by atoms with Crippen LogP contribution in [0.5, 0.6) is 5.75 Å². The van der Waals surface area contributed by atoms with Crippen molar-refractivity contribution < 1.29 is 27.8 Å². The van der Waals surface area contributed by atoms with Crippen LogP contribution in [-0.2, 0) is 10.9 Å². The number of ether oxygens (including phenoxy) is 1. The average molecular weight is 277 g/mol. The lowest BCUT2D eigenvalue weighted by Gasteiger charge is -2.20. The molecular weight excluding hydrogens is 263 g/mol. The highest BCUT2D eigenvalue weighted by molar-refractivity contribution is 5.85. The molecule has 2 N–H and O–H groups in total. The van der Waals surface area contributed by atoms with Gasteiger partial charge in [0, 0.05) is 11.8 Å². The molecular formula is C12H14F3NO3. The molecule has 1 rings (SSSR count). The van der Waals surface area contributed by atoms with Crippen LogP contribution in [0.15, 0.2) is 18.2 Å². The number of amides is 1. The summed E-state index contributed by atoms with van der Waals surface area (Å²) >= 11 is 0. The summed E-state index contributed by atoms with van der Waals surface area (Å²) in [6, 6.07) is 2.28. The molecule has 0 unspecified atom stereocenters. The fourth-order valence-electron chi connectivity index (χ4n) is 1.27. The normalized spacial score (nSPS) is 12.1. The van der Waals surface area contributed by atoms with Crippen LogP contribution >= 0.6 is 0 Å². The van der Waals surface area contributed by atoms with Crippen LogP contribution in [0.1, 0.15) is 26.3 Å². The summed E-state index contributed by atoms with van der Waals surface area (Å²) in [6.45, 7) is 4.86. The molecule has 1 amide bonds. The fourth-order valence-corrected chi connectivity index (χ4v) is 1.27. The van der Waals surface area contributed by atoms with Crippen LogP contribution < -0.4 is 5.32 Å². The van der Waals surface area contributed by atoms with Crippen molar-refractivity contribution in [1.82, 2.24) is 0 Å². The number of carbonyl (C=O) groups is 1. The molecule has 0 aliphatic rings. The molecule has 0 saturated heterocycles. The van der Waals surface area contributed by atoms with Crippen LogP contribution in [0.2, 0.25) is 0 Å². The van der Waals surface area contributed by atoms with Gasteiger partial charge in [-0.15, -0.1) is 0 Å². The van der Waals surface area contributed by atoms with Gasteiger partial charge < -0.3 is 9.84 Å². The van der Waals surface area contributed by atoms with Gasteiger partial charge in [-0.05, 0) is 32.9 Å². The average Bonchev–Trinajstić information content (AvgIpc) is 2.11. The highest BCUT2D eigenvalue weighted by Gasteiger charge is 2.31. The van der Waals surface area contributed by atoms with Crippen LogP contribution in [0, 0.1) is 0 Å². The first-order chi connectivity index (χ1) is 8.47. The number of anilines is 1. The maximum atomic E-state index is 12.5. The number of phenols is 1. The first-order valence-electron chi connectivity index (χ1n) is 5.38. The largest absolute Gasteiger partial charge is 0.508 e. The van der Waals surface area contributed by atoms with Gasteiger partial charge in [0.25, 0.3) is 0 Å². The summed E-state index contributed by atoms with van der Waals surface area (Å²) in [4.78, 5) is 11.4. The summed E-state index contributed by atoms with van der Waals surface area (Å²) in [5, 5.41) is 11.3. The first kappa shape index (κ1) is 15.1. The zero-order valence-electron chi connectivity index (χ0n) is 10.6. The maximum absolute atomic E-state index is 12.5. The van der Waals surface area contributed by atoms with Crippen LogP contribution in [0.3, 0.4) is 0 Å². The topological polar surface area (TPSA) is 58.6 Å². The number of halogens is 3. The minimum Gasteiger partial charge on any atom is -0.508 e. The molecule has 0 spiro atoms. The SMILES string of the molecule is CC(C)(C)OC(=O)Nc1cc(O)cc(C(F)(F)F)c1. The van der Waals surface area contributed by atoms with Crippen LogP contribution in [0.4, 0.5) is 23.7 Å². The van der Waals surface area contributed by atoms with Gasteiger partial charge in [-0.25, -0.2) is 4.79 Å². The number of phenolic OH excluding ortho intramolecular Hbond substituents is 1. The van der Waals surface area contributed by atoms with E-state index in [9.17, 15) is 23.1 Å². The van der Waals surface area contributed by atoms with E-state index in [1.54, 1.807) is 20.8 Å². The second-order valence-corrected chi connectivity index (χ2v) is 4.89. The third-order valence-electron chi connectivity index (χ3n) is 1.89. The number of alkyl halides is 3. The van der Waals surface area contributed by atoms with E-state index in [2.05, 4.69) is 5.32 Å². The number of carbonyl (C=O) groups excluding carboxylic acids is 1. The molecule has 0 fully saturated rings. The molecule has 7 heteroatoms. The molecule has 0 atom stereocenters. The Morgan fingerprint density at radius 3 is 2.26 bits per heavy atom. The van der Waals surface area contributed by atoms with E-state index in [0.29, 0.717) is 12.1 Å². The van der Waals surface area contributed by atoms with E-state index >= 15 is 0 Å². The lowest BCUT2D eigenvalue weighted by molar-refractivity contribution is -0.137. The predicted octanol–water partition coefficient (Wildman–Crippen LogP) is 3.76. The molecule has 0 saturated carbocycles. The summed E-state index contributed by atoms with van der Waals surface area (Å²) < 4.78 is 42.4. The molecule has 106 valence electrons. The zero-order chi connectivity index (χ0) is 14.8. The molecule has 0 heterocycles. The Morgan fingerprint density at radius 2 is 1.79 bits per heavy atom. The van der Waals surface area contributed by atoms with E-state index in [-0.39, 0.29) is 5.69 Å². The van der Waals surface area contributed by atoms with E-state index in [1.165, 1.54) is 0 Å². The fraction of sp³-hybridized carbons (Fsp3) is 0.417. The van der Waals surface area contributed by atoms with Crippen molar-refractivity contribution >= 4 is 11.8 Å². The minimum absolute atomic E-state index is 0.193. The Kier molecular flexibility index (Phi) is 3.97. The van der Waals surface area contributed by atoms with Crippen molar-refractivity contribution in [3.05, 3.63) is 23.8 Å². The highest BCUT2D eigenvalue weighted by Crippen LogP contribution is 2.33. The molecule has 4 nitrogen and oxygen atoms in total. The van der Waals surface area contributed by atoms with Gasteiger partial charge in [0.1, 0.15) is 11.4 Å². The smallest absolute Gasteiger partial charge is 0.416 e. The van der Waals surface area contributed by atoms with Gasteiger partial charge in [0.15, 0.2) is 0 Å². The summed E-state index contributed by atoms with van der Waals surface area (Å²) in [7, 11) is 0. The van der Waals surface area contributed by atoms with Crippen molar-refractivity contribution in [1.29, 1.82) is 0 Å². The Morgan fingerprint density at radius 1 is 1.21 bits per heavy atom. The van der Waals surface area contributed by atoms with Crippen LogP contribution in [-0.4, -0.2) is 16.8 Å². The van der Waals surface area contributed by atoms with Gasteiger partial charge in [-0.2, -0.15) is 13.2 Å². The number of benzene rings is 1. The van der Waals surface area contributed by atoms with E-state index < -0.39 is 29.2 Å². The highest BCUT2D eigenvalue weighted by atomic mass is 19.4. The molecule has 0 aliphatic carbocycles. The van der Waals surface area contributed by atoms with Crippen molar-refractivity contribution in [3.63, 3.8) is 0 Å². The van der Waals surface area contributed by atoms with E-state index in [4.69, 9.17) is 4.74 Å².